The largest absolute Gasteiger partial charge is 0.456 e. The van der Waals surface area contributed by atoms with E-state index in [1.54, 1.807) is 27.9 Å². The van der Waals surface area contributed by atoms with Gasteiger partial charge in [-0.1, -0.05) is 59.6 Å². The molecule has 0 aromatic carbocycles. The molecule has 2 heterocycles. The first kappa shape index (κ1) is 47.9. The molecule has 3 rings (SSSR count). The molecule has 13 heteroatoms. The molecule has 1 saturated carbocycles. The summed E-state index contributed by atoms with van der Waals surface area (Å²) < 4.78 is 29.2. The summed E-state index contributed by atoms with van der Waals surface area (Å²) in [6, 6.07) is -1.14. The molecule has 13 nitrogen and oxygen atoms in total. The number of carbonyl (C=O) groups excluding carboxylic acids is 4. The highest BCUT2D eigenvalue weighted by atomic mass is 16.7. The topological polar surface area (TPSA) is 178 Å². The number of ether oxygens (including phenoxy) is 5. The Hall–Kier alpha value is -2.52. The molecule has 3 aliphatic rings. The van der Waals surface area contributed by atoms with Crippen LogP contribution in [0.15, 0.2) is 23.3 Å². The quantitative estimate of drug-likeness (QED) is 0.0702. The highest BCUT2D eigenvalue weighted by Gasteiger charge is 2.56. The molecule has 0 aromatic rings. The molecular weight excluding hydrogens is 722 g/mol. The summed E-state index contributed by atoms with van der Waals surface area (Å²) in [6.45, 7) is 13.0. The van der Waals surface area contributed by atoms with Gasteiger partial charge < -0.3 is 43.9 Å². The molecule has 13 atom stereocenters. The van der Waals surface area contributed by atoms with Crippen molar-refractivity contribution < 1.29 is 58.2 Å². The number of aliphatic hydroxyl groups is 3. The van der Waals surface area contributed by atoms with E-state index in [-0.39, 0.29) is 49.5 Å². The van der Waals surface area contributed by atoms with Crippen molar-refractivity contribution in [2.75, 3.05) is 27.9 Å². The van der Waals surface area contributed by atoms with Gasteiger partial charge in [-0.3, -0.25) is 14.4 Å². The van der Waals surface area contributed by atoms with Crippen LogP contribution in [0.25, 0.3) is 0 Å². The number of Topliss-reactive ketones (excluding diaryl/α,β-unsaturated/α-hetero) is 2. The van der Waals surface area contributed by atoms with Crippen molar-refractivity contribution in [3.63, 3.8) is 0 Å². The molecule has 1 amide bonds. The molecule has 2 saturated heterocycles. The number of amides is 1. The first-order valence-electron chi connectivity index (χ1n) is 20.8. The van der Waals surface area contributed by atoms with Crippen LogP contribution in [0.1, 0.15) is 119 Å². The third kappa shape index (κ3) is 11.8. The second kappa shape index (κ2) is 22.0. The minimum absolute atomic E-state index is 0.00333. The summed E-state index contributed by atoms with van der Waals surface area (Å²) in [4.78, 5) is 56.8. The van der Waals surface area contributed by atoms with Crippen molar-refractivity contribution in [1.29, 1.82) is 0 Å². The molecule has 0 radical (unpaired) electrons. The van der Waals surface area contributed by atoms with Crippen LogP contribution in [0.3, 0.4) is 0 Å². The van der Waals surface area contributed by atoms with Gasteiger partial charge in [-0.15, -0.1) is 0 Å². The van der Waals surface area contributed by atoms with Crippen LogP contribution in [0, 0.1) is 23.7 Å². The number of esters is 1. The van der Waals surface area contributed by atoms with E-state index in [9.17, 15) is 34.5 Å². The Kier molecular flexibility index (Phi) is 18.8. The van der Waals surface area contributed by atoms with E-state index in [2.05, 4.69) is 0 Å². The second-order valence-corrected chi connectivity index (χ2v) is 16.6. The Bertz CT molecular complexity index is 1380. The lowest BCUT2D eigenvalue weighted by molar-refractivity contribution is -0.302. The number of methoxy groups -OCH3 is 3. The summed E-state index contributed by atoms with van der Waals surface area (Å²) in [5, 5.41) is 33.7. The maximum Gasteiger partial charge on any atom is 0.329 e. The van der Waals surface area contributed by atoms with Crippen molar-refractivity contribution in [1.82, 2.24) is 4.90 Å². The number of nitrogens with zero attached hydrogens (tertiary/aromatic N) is 1. The Balaban J connectivity index is 1.91. The predicted molar refractivity (Wildman–Crippen MR) is 210 cm³/mol. The third-order valence-electron chi connectivity index (χ3n) is 12.4. The highest BCUT2D eigenvalue weighted by Crippen LogP contribution is 2.38. The Morgan fingerprint density at radius 3 is 2.27 bits per heavy atom. The minimum Gasteiger partial charge on any atom is -0.456 e. The predicted octanol–water partition coefficient (Wildman–Crippen LogP) is 4.86. The fourth-order valence-corrected chi connectivity index (χ4v) is 8.48. The van der Waals surface area contributed by atoms with E-state index in [0.29, 0.717) is 49.7 Å². The summed E-state index contributed by atoms with van der Waals surface area (Å²) in [5.74, 6) is -6.98. The Morgan fingerprint density at radius 1 is 0.982 bits per heavy atom. The molecule has 0 bridgehead atoms. The average Bonchev–Trinajstić information content (AvgIpc) is 3.19. The monoisotopic (exact) mass is 793 g/mol. The van der Waals surface area contributed by atoms with Gasteiger partial charge in [-0.25, -0.2) is 4.79 Å². The van der Waals surface area contributed by atoms with Crippen molar-refractivity contribution >= 4 is 23.4 Å². The summed E-state index contributed by atoms with van der Waals surface area (Å²) >= 11 is 0. The molecule has 3 N–H and O–H groups in total. The SMILES string of the molecule is CCCC(OC)C1OC(O)(C(=O)C(=O)N2CCCCC2C(=O)OC(C(C)=CC2CCC(O)C(OC)C2)C(C)C(O)CC(=O)C(C)=CC(C)CC)C(C)CC1OC. The second-order valence-electron chi connectivity index (χ2n) is 16.6. The van der Waals surface area contributed by atoms with Gasteiger partial charge in [0.15, 0.2) is 5.78 Å². The van der Waals surface area contributed by atoms with Gasteiger partial charge >= 0.3 is 5.97 Å². The minimum atomic E-state index is -2.48. The summed E-state index contributed by atoms with van der Waals surface area (Å²) in [5.41, 5.74) is 1.21. The number of aliphatic hydroxyl groups excluding tert-OH is 2. The highest BCUT2D eigenvalue weighted by molar-refractivity contribution is 6.39. The molecule has 0 aromatic heterocycles. The van der Waals surface area contributed by atoms with Gasteiger partial charge in [0, 0.05) is 46.1 Å². The van der Waals surface area contributed by atoms with E-state index < -0.39 is 77.9 Å². The maximum absolute atomic E-state index is 14.3. The van der Waals surface area contributed by atoms with Crippen molar-refractivity contribution in [2.45, 2.75) is 174 Å². The molecule has 1 aliphatic carbocycles. The fourth-order valence-electron chi connectivity index (χ4n) is 8.48. The maximum atomic E-state index is 14.3. The number of hydrogen-bond acceptors (Lipinski definition) is 12. The van der Waals surface area contributed by atoms with Crippen LogP contribution >= 0.6 is 0 Å². The fraction of sp³-hybridized carbons (Fsp3) is 0.814. The van der Waals surface area contributed by atoms with Gasteiger partial charge in [-0.05, 0) is 88.2 Å². The van der Waals surface area contributed by atoms with Crippen LogP contribution < -0.4 is 0 Å². The number of allylic oxidation sites excluding steroid dienone is 3. The lowest BCUT2D eigenvalue weighted by Crippen LogP contribution is -2.64. The normalized spacial score (nSPS) is 31.9. The summed E-state index contributed by atoms with van der Waals surface area (Å²) in [6.07, 6.45) is 4.38. The van der Waals surface area contributed by atoms with Crippen molar-refractivity contribution in [2.24, 2.45) is 23.7 Å². The molecule has 0 spiro atoms. The number of carbonyl (C=O) groups is 4. The average molecular weight is 794 g/mol. The zero-order valence-electron chi connectivity index (χ0n) is 35.5. The standard InChI is InChI=1S/C43H71NO12/c1-11-15-35(52-8)39-37(54-10)22-28(6)43(51,56-39)40(48)41(49)44-19-14-13-16-31(44)42(50)55-38(27(5)21-30-17-18-32(45)36(23-30)53-9)29(7)34(47)24-33(46)26(4)20-25(3)12-2/h20-21,25,28-32,34-39,45,47,51H,11-19,22-24H2,1-10H3. The molecule has 320 valence electrons. The number of hydrogen-bond donors (Lipinski definition) is 3. The zero-order chi connectivity index (χ0) is 41.9. The van der Waals surface area contributed by atoms with Crippen LogP contribution in [0.4, 0.5) is 0 Å². The van der Waals surface area contributed by atoms with E-state index in [1.165, 1.54) is 19.1 Å². The van der Waals surface area contributed by atoms with Crippen molar-refractivity contribution in [3.8, 4) is 0 Å². The summed E-state index contributed by atoms with van der Waals surface area (Å²) in [7, 11) is 4.61. The first-order chi connectivity index (χ1) is 26.5. The van der Waals surface area contributed by atoms with Gasteiger partial charge in [-0.2, -0.15) is 0 Å². The Labute approximate surface area is 334 Å². The van der Waals surface area contributed by atoms with Crippen LogP contribution in [0.2, 0.25) is 0 Å². The number of likely N-dealkylation sites (tertiary alicyclic amines) is 1. The number of piperidine rings is 1. The molecule has 3 fully saturated rings. The Morgan fingerprint density at radius 2 is 1.66 bits per heavy atom. The van der Waals surface area contributed by atoms with E-state index in [1.807, 2.05) is 39.8 Å². The van der Waals surface area contributed by atoms with Gasteiger partial charge in [0.2, 0.25) is 5.79 Å². The number of rotatable bonds is 19. The smallest absolute Gasteiger partial charge is 0.329 e. The van der Waals surface area contributed by atoms with Crippen LogP contribution in [-0.4, -0.2) is 126 Å². The van der Waals surface area contributed by atoms with Gasteiger partial charge in [0.25, 0.3) is 11.7 Å². The third-order valence-corrected chi connectivity index (χ3v) is 12.4. The van der Waals surface area contributed by atoms with E-state index >= 15 is 0 Å². The van der Waals surface area contributed by atoms with E-state index in [4.69, 9.17) is 23.7 Å². The lowest BCUT2D eigenvalue weighted by Gasteiger charge is -2.46. The van der Waals surface area contributed by atoms with Crippen molar-refractivity contribution in [3.05, 3.63) is 23.3 Å². The molecule has 56 heavy (non-hydrogen) atoms. The molecule has 2 aliphatic heterocycles. The first-order valence-corrected chi connectivity index (χ1v) is 20.8. The van der Waals surface area contributed by atoms with Crippen LogP contribution in [0.5, 0.6) is 0 Å². The number of ketones is 2. The van der Waals surface area contributed by atoms with Crippen LogP contribution in [-0.2, 0) is 42.9 Å². The molecular formula is C43H71NO12. The van der Waals surface area contributed by atoms with Gasteiger partial charge in [0.05, 0.1) is 30.5 Å². The molecule has 13 unspecified atom stereocenters. The lowest BCUT2D eigenvalue weighted by atomic mass is 9.82. The zero-order valence-corrected chi connectivity index (χ0v) is 35.5. The van der Waals surface area contributed by atoms with Gasteiger partial charge in [0.1, 0.15) is 18.2 Å². The van der Waals surface area contributed by atoms with E-state index in [0.717, 1.165) is 12.8 Å².